The summed E-state index contributed by atoms with van der Waals surface area (Å²) in [6, 6.07) is 15.7. The van der Waals surface area contributed by atoms with Gasteiger partial charge in [-0.25, -0.2) is 18.0 Å². The maximum Gasteiger partial charge on any atom is 0.149 e. The van der Waals surface area contributed by atoms with E-state index in [9.17, 15) is 13.0 Å². The molecule has 0 saturated heterocycles. The van der Waals surface area contributed by atoms with Crippen molar-refractivity contribution in [2.24, 2.45) is 0 Å². The first kappa shape index (κ1) is 15.3. The Morgan fingerprint density at radius 1 is 0.826 bits per heavy atom. The molecule has 116 valence electrons. The van der Waals surface area contributed by atoms with E-state index in [-0.39, 0.29) is 11.5 Å². The lowest BCUT2D eigenvalue weighted by Gasteiger charge is -2.08. The van der Waals surface area contributed by atoms with Crippen molar-refractivity contribution in [3.63, 3.8) is 0 Å². The van der Waals surface area contributed by atoms with E-state index in [1.807, 2.05) is 6.07 Å². The lowest BCUT2D eigenvalue weighted by atomic mass is 10.3. The van der Waals surface area contributed by atoms with Gasteiger partial charge in [-0.05, 0) is 36.4 Å². The van der Waals surface area contributed by atoms with Gasteiger partial charge in [0.2, 0.25) is 0 Å². The summed E-state index contributed by atoms with van der Waals surface area (Å²) < 4.78 is 39.5. The maximum atomic E-state index is 13.6. The smallest absolute Gasteiger partial charge is 0.149 e. The highest BCUT2D eigenvalue weighted by Gasteiger charge is 2.10. The zero-order valence-corrected chi connectivity index (χ0v) is 12.7. The normalized spacial score (nSPS) is 11.9. The van der Waals surface area contributed by atoms with Crippen LogP contribution in [0.5, 0.6) is 0 Å². The monoisotopic (exact) mass is 330 g/mol. The van der Waals surface area contributed by atoms with Crippen LogP contribution in [-0.2, 0) is 10.8 Å². The van der Waals surface area contributed by atoms with E-state index in [1.165, 1.54) is 18.3 Å². The Hall–Kier alpha value is -2.60. The summed E-state index contributed by atoms with van der Waals surface area (Å²) in [5.41, 5.74) is -0.267. The molecule has 0 aliphatic rings. The molecule has 2 aromatic carbocycles. The van der Waals surface area contributed by atoms with E-state index in [2.05, 4.69) is 10.3 Å². The molecular formula is C17H12F2N2OS. The Labute approximate surface area is 134 Å². The minimum absolute atomic E-state index is 0.266. The third-order valence-electron chi connectivity index (χ3n) is 3.12. The number of anilines is 2. The van der Waals surface area contributed by atoms with Gasteiger partial charge in [0.05, 0.1) is 15.7 Å². The van der Waals surface area contributed by atoms with Crippen molar-refractivity contribution in [2.75, 3.05) is 5.32 Å². The Kier molecular flexibility index (Phi) is 4.43. The van der Waals surface area contributed by atoms with Gasteiger partial charge in [-0.15, -0.1) is 0 Å². The van der Waals surface area contributed by atoms with E-state index in [1.54, 1.807) is 30.3 Å². The number of aromatic nitrogens is 1. The van der Waals surface area contributed by atoms with Crippen LogP contribution < -0.4 is 5.32 Å². The quantitative estimate of drug-likeness (QED) is 0.777. The summed E-state index contributed by atoms with van der Waals surface area (Å²) in [5, 5.41) is 2.59. The molecule has 3 nitrogen and oxygen atoms in total. The van der Waals surface area contributed by atoms with Gasteiger partial charge in [-0.1, -0.05) is 24.3 Å². The van der Waals surface area contributed by atoms with Crippen molar-refractivity contribution in [2.45, 2.75) is 9.79 Å². The molecule has 0 fully saturated rings. The molecule has 0 saturated carbocycles. The number of nitrogens with zero attached hydrogens (tertiary/aromatic N) is 1. The van der Waals surface area contributed by atoms with Crippen LogP contribution in [0.1, 0.15) is 0 Å². The molecule has 0 radical (unpaired) electrons. The highest BCUT2D eigenvalue weighted by atomic mass is 32.2. The van der Waals surface area contributed by atoms with Gasteiger partial charge >= 0.3 is 0 Å². The van der Waals surface area contributed by atoms with E-state index in [0.717, 1.165) is 12.1 Å². The molecule has 1 aromatic heterocycles. The Balaban J connectivity index is 1.81. The minimum atomic E-state index is -1.35. The molecule has 1 atom stereocenters. The van der Waals surface area contributed by atoms with Crippen LogP contribution >= 0.6 is 0 Å². The number of hydrogen-bond donors (Lipinski definition) is 1. The molecule has 1 unspecified atom stereocenters. The summed E-state index contributed by atoms with van der Waals surface area (Å²) >= 11 is 0. The van der Waals surface area contributed by atoms with Crippen molar-refractivity contribution in [1.82, 2.24) is 4.98 Å². The molecular weight excluding hydrogens is 318 g/mol. The summed E-state index contributed by atoms with van der Waals surface area (Å²) in [4.78, 5) is 5.24. The van der Waals surface area contributed by atoms with Gasteiger partial charge in [-0.3, -0.25) is 0 Å². The second kappa shape index (κ2) is 6.66. The predicted molar refractivity (Wildman–Crippen MR) is 85.0 cm³/mol. The van der Waals surface area contributed by atoms with Crippen LogP contribution in [0.25, 0.3) is 0 Å². The Morgan fingerprint density at radius 2 is 1.52 bits per heavy atom. The average molecular weight is 330 g/mol. The lowest BCUT2D eigenvalue weighted by molar-refractivity contribution is 0.590. The number of nitrogens with one attached hydrogen (secondary N) is 1. The molecule has 0 amide bonds. The van der Waals surface area contributed by atoms with Gasteiger partial charge in [-0.2, -0.15) is 0 Å². The zero-order chi connectivity index (χ0) is 16.2. The predicted octanol–water partition coefficient (Wildman–Crippen LogP) is 4.27. The van der Waals surface area contributed by atoms with Crippen molar-refractivity contribution in [3.05, 3.63) is 78.5 Å². The number of pyridine rings is 1. The fraction of sp³-hybridized carbons (Fsp3) is 0. The minimum Gasteiger partial charge on any atom is -0.335 e. The van der Waals surface area contributed by atoms with Crippen molar-refractivity contribution < 1.29 is 13.0 Å². The highest BCUT2D eigenvalue weighted by molar-refractivity contribution is 7.85. The van der Waals surface area contributed by atoms with Gasteiger partial charge < -0.3 is 5.32 Å². The first-order valence-corrected chi connectivity index (χ1v) is 7.94. The fourth-order valence-corrected chi connectivity index (χ4v) is 3.01. The first-order chi connectivity index (χ1) is 11.1. The Morgan fingerprint density at radius 3 is 2.13 bits per heavy atom. The Bertz CT molecular complexity index is 819. The fourth-order valence-electron chi connectivity index (χ4n) is 1.99. The molecule has 3 rings (SSSR count). The highest BCUT2D eigenvalue weighted by Crippen LogP contribution is 2.23. The van der Waals surface area contributed by atoms with Gasteiger partial charge in [0.15, 0.2) is 0 Å². The van der Waals surface area contributed by atoms with Crippen molar-refractivity contribution >= 4 is 22.3 Å². The number of para-hydroxylation sites is 1. The lowest BCUT2D eigenvalue weighted by Crippen LogP contribution is -2.00. The molecule has 23 heavy (non-hydrogen) atoms. The third kappa shape index (κ3) is 3.43. The van der Waals surface area contributed by atoms with Crippen LogP contribution in [0, 0.1) is 11.6 Å². The summed E-state index contributed by atoms with van der Waals surface area (Å²) in [7, 11) is -1.35. The molecule has 1 heterocycles. The summed E-state index contributed by atoms with van der Waals surface area (Å²) in [6.07, 6.45) is 1.42. The van der Waals surface area contributed by atoms with Crippen LogP contribution in [-0.4, -0.2) is 9.19 Å². The largest absolute Gasteiger partial charge is 0.335 e. The molecule has 0 bridgehead atoms. The van der Waals surface area contributed by atoms with Gasteiger partial charge in [0, 0.05) is 11.1 Å². The molecule has 6 heteroatoms. The summed E-state index contributed by atoms with van der Waals surface area (Å²) in [5.74, 6) is -1.14. The maximum absolute atomic E-state index is 13.6. The first-order valence-electron chi connectivity index (χ1n) is 6.79. The van der Waals surface area contributed by atoms with Gasteiger partial charge in [0.25, 0.3) is 0 Å². The van der Waals surface area contributed by atoms with E-state index in [0.29, 0.717) is 9.79 Å². The van der Waals surface area contributed by atoms with Crippen molar-refractivity contribution in [1.29, 1.82) is 0 Å². The number of benzene rings is 2. The van der Waals surface area contributed by atoms with E-state index >= 15 is 0 Å². The van der Waals surface area contributed by atoms with Crippen LogP contribution in [0.3, 0.4) is 0 Å². The molecule has 0 aliphatic heterocycles. The topological polar surface area (TPSA) is 42.0 Å². The second-order valence-corrected chi connectivity index (χ2v) is 6.16. The van der Waals surface area contributed by atoms with Crippen molar-refractivity contribution in [3.8, 4) is 0 Å². The third-order valence-corrected chi connectivity index (χ3v) is 4.49. The van der Waals surface area contributed by atoms with Crippen LogP contribution in [0.15, 0.2) is 76.7 Å². The average Bonchev–Trinajstić information content (AvgIpc) is 2.59. The molecule has 1 N–H and O–H groups in total. The van der Waals surface area contributed by atoms with Crippen LogP contribution in [0.4, 0.5) is 20.3 Å². The summed E-state index contributed by atoms with van der Waals surface area (Å²) in [6.45, 7) is 0. The standard InChI is InChI=1S/C17H12F2N2OS/c18-14-7-4-8-15(19)17(14)21-16-10-9-13(11-20-16)23(22)12-5-2-1-3-6-12/h1-11H,(H,20,21). The van der Waals surface area contributed by atoms with E-state index in [4.69, 9.17) is 0 Å². The second-order valence-electron chi connectivity index (χ2n) is 4.68. The van der Waals surface area contributed by atoms with Crippen LogP contribution in [0.2, 0.25) is 0 Å². The number of rotatable bonds is 4. The number of hydrogen-bond acceptors (Lipinski definition) is 3. The molecule has 0 spiro atoms. The van der Waals surface area contributed by atoms with E-state index < -0.39 is 22.4 Å². The van der Waals surface area contributed by atoms with Gasteiger partial charge in [0.1, 0.15) is 23.1 Å². The SMILES string of the molecule is O=S(c1ccccc1)c1ccc(Nc2c(F)cccc2F)nc1. The molecule has 3 aromatic rings. The zero-order valence-electron chi connectivity index (χ0n) is 11.9. The number of halogens is 2. The molecule has 0 aliphatic carbocycles.